The van der Waals surface area contributed by atoms with E-state index < -0.39 is 23.4 Å². The summed E-state index contributed by atoms with van der Waals surface area (Å²) in [7, 11) is 0. The van der Waals surface area contributed by atoms with Gasteiger partial charge in [-0.1, -0.05) is 45.2 Å². The zero-order valence-electron chi connectivity index (χ0n) is 16.6. The Hall–Kier alpha value is -2.25. The van der Waals surface area contributed by atoms with Gasteiger partial charge in [0.2, 0.25) is 5.60 Å². The number of carboxylic acid groups (broad SMARTS) is 1. The number of aromatic nitrogens is 1. The number of fused-ring (bicyclic) bond motifs is 1. The van der Waals surface area contributed by atoms with Gasteiger partial charge < -0.3 is 14.4 Å². The van der Waals surface area contributed by atoms with E-state index >= 15 is 0 Å². The van der Waals surface area contributed by atoms with E-state index in [0.29, 0.717) is 49.0 Å². The second kappa shape index (κ2) is 8.41. The fraction of sp³-hybridized carbons (Fsp3) is 0.600. The molecule has 1 unspecified atom stereocenters. The summed E-state index contributed by atoms with van der Waals surface area (Å²) >= 11 is 0. The number of rotatable bonds is 9. The van der Waals surface area contributed by atoms with Crippen molar-refractivity contribution in [2.45, 2.75) is 78.0 Å². The molecule has 28 heavy (non-hydrogen) atoms. The first-order chi connectivity index (χ1) is 13.1. The molecule has 0 saturated carbocycles. The van der Waals surface area contributed by atoms with Gasteiger partial charge in [0.15, 0.2) is 11.3 Å². The standard InChI is InChI=1S/C20H26F3NO4/c1-5-8-12-11-14-16(28-24-17(14)20(21,22)23)13(9-6-2)15(12)27-19(4,10-7-3)18(25)26/h11H,5-10H2,1-4H3,(H,25,26). The lowest BCUT2D eigenvalue weighted by Gasteiger charge is -2.29. The molecule has 1 aromatic carbocycles. The molecule has 0 fully saturated rings. The van der Waals surface area contributed by atoms with E-state index in [1.807, 2.05) is 20.8 Å². The minimum Gasteiger partial charge on any atom is -0.478 e. The molecule has 0 spiro atoms. The molecule has 2 aromatic rings. The number of nitrogens with zero attached hydrogens (tertiary/aromatic N) is 1. The van der Waals surface area contributed by atoms with Gasteiger partial charge in [-0.25, -0.2) is 4.79 Å². The van der Waals surface area contributed by atoms with Crippen LogP contribution in [0.1, 0.15) is 70.2 Å². The first kappa shape index (κ1) is 22.0. The van der Waals surface area contributed by atoms with Crippen LogP contribution in [0, 0.1) is 0 Å². The fourth-order valence-electron chi connectivity index (χ4n) is 3.35. The molecule has 0 saturated heterocycles. The summed E-state index contributed by atoms with van der Waals surface area (Å²) in [5.74, 6) is -0.813. The molecule has 0 aliphatic rings. The monoisotopic (exact) mass is 401 g/mol. The molecule has 8 heteroatoms. The predicted molar refractivity (Wildman–Crippen MR) is 98.6 cm³/mol. The van der Waals surface area contributed by atoms with Gasteiger partial charge in [-0.15, -0.1) is 0 Å². The molecule has 2 rings (SSSR count). The Morgan fingerprint density at radius 2 is 1.82 bits per heavy atom. The Morgan fingerprint density at radius 3 is 2.32 bits per heavy atom. The smallest absolute Gasteiger partial charge is 0.437 e. The molecule has 1 N–H and O–H groups in total. The van der Waals surface area contributed by atoms with Crippen LogP contribution in [0.2, 0.25) is 0 Å². The van der Waals surface area contributed by atoms with Crippen molar-refractivity contribution in [3.8, 4) is 5.75 Å². The Bertz CT molecular complexity index is 844. The van der Waals surface area contributed by atoms with Crippen LogP contribution in [0.25, 0.3) is 11.0 Å². The lowest BCUT2D eigenvalue weighted by Crippen LogP contribution is -2.41. The van der Waals surface area contributed by atoms with Crippen LogP contribution in [0.4, 0.5) is 13.2 Å². The Labute approximate surface area is 161 Å². The van der Waals surface area contributed by atoms with Crippen LogP contribution in [0.15, 0.2) is 10.6 Å². The number of carbonyl (C=O) groups is 1. The van der Waals surface area contributed by atoms with Gasteiger partial charge in [0.25, 0.3) is 0 Å². The summed E-state index contributed by atoms with van der Waals surface area (Å²) in [4.78, 5) is 11.8. The molecular formula is C20H26F3NO4. The molecule has 0 bridgehead atoms. The summed E-state index contributed by atoms with van der Waals surface area (Å²) in [6, 6.07) is 1.38. The van der Waals surface area contributed by atoms with Crippen molar-refractivity contribution in [2.75, 3.05) is 0 Å². The van der Waals surface area contributed by atoms with Gasteiger partial charge in [0.05, 0.1) is 5.39 Å². The van der Waals surface area contributed by atoms with Crippen molar-refractivity contribution in [1.29, 1.82) is 0 Å². The molecule has 0 aliphatic heterocycles. The number of halogens is 3. The van der Waals surface area contributed by atoms with Crippen LogP contribution in [0.3, 0.4) is 0 Å². The van der Waals surface area contributed by atoms with Crippen LogP contribution < -0.4 is 4.74 Å². The first-order valence-corrected chi connectivity index (χ1v) is 9.52. The molecule has 0 amide bonds. The third kappa shape index (κ3) is 4.25. The lowest BCUT2D eigenvalue weighted by molar-refractivity contribution is -0.154. The average molecular weight is 401 g/mol. The van der Waals surface area contributed by atoms with Gasteiger partial charge in [-0.05, 0) is 37.8 Å². The highest BCUT2D eigenvalue weighted by molar-refractivity contribution is 5.87. The van der Waals surface area contributed by atoms with Crippen molar-refractivity contribution in [3.63, 3.8) is 0 Å². The summed E-state index contributed by atoms with van der Waals surface area (Å²) < 4.78 is 51.1. The van der Waals surface area contributed by atoms with Crippen molar-refractivity contribution in [1.82, 2.24) is 5.16 Å². The quantitative estimate of drug-likeness (QED) is 0.577. The molecule has 156 valence electrons. The second-order valence-corrected chi connectivity index (χ2v) is 7.14. The summed E-state index contributed by atoms with van der Waals surface area (Å²) in [5.41, 5.74) is -1.57. The van der Waals surface area contributed by atoms with Gasteiger partial charge in [-0.2, -0.15) is 13.2 Å². The highest BCUT2D eigenvalue weighted by atomic mass is 19.4. The number of aryl methyl sites for hydroxylation is 2. The predicted octanol–water partition coefficient (Wildman–Crippen LogP) is 5.77. The van der Waals surface area contributed by atoms with Crippen molar-refractivity contribution in [3.05, 3.63) is 22.9 Å². The van der Waals surface area contributed by atoms with Gasteiger partial charge >= 0.3 is 12.1 Å². The first-order valence-electron chi connectivity index (χ1n) is 9.52. The van der Waals surface area contributed by atoms with E-state index in [9.17, 15) is 23.1 Å². The Kier molecular flexibility index (Phi) is 6.62. The minimum absolute atomic E-state index is 0.00765. The van der Waals surface area contributed by atoms with E-state index in [0.717, 1.165) is 0 Å². The fourth-order valence-corrected chi connectivity index (χ4v) is 3.35. The number of ether oxygens (including phenoxy) is 1. The van der Waals surface area contributed by atoms with Crippen molar-refractivity contribution in [2.24, 2.45) is 0 Å². The van der Waals surface area contributed by atoms with E-state index in [1.54, 1.807) is 0 Å². The zero-order valence-corrected chi connectivity index (χ0v) is 16.6. The normalized spacial score (nSPS) is 14.2. The topological polar surface area (TPSA) is 72.6 Å². The van der Waals surface area contributed by atoms with Crippen LogP contribution >= 0.6 is 0 Å². The molecule has 0 aliphatic carbocycles. The third-order valence-electron chi connectivity index (χ3n) is 4.68. The SMILES string of the molecule is CCCc1cc2c(C(F)(F)F)noc2c(CCC)c1OC(C)(CCC)C(=O)O. The molecule has 5 nitrogen and oxygen atoms in total. The number of alkyl halides is 3. The third-order valence-corrected chi connectivity index (χ3v) is 4.68. The van der Waals surface area contributed by atoms with E-state index in [2.05, 4.69) is 5.16 Å². The number of aliphatic carboxylic acids is 1. The zero-order chi connectivity index (χ0) is 21.1. The van der Waals surface area contributed by atoms with E-state index in [1.165, 1.54) is 13.0 Å². The van der Waals surface area contributed by atoms with Gasteiger partial charge in [0.1, 0.15) is 5.75 Å². The second-order valence-electron chi connectivity index (χ2n) is 7.14. The van der Waals surface area contributed by atoms with Crippen LogP contribution in [0.5, 0.6) is 5.75 Å². The maximum Gasteiger partial charge on any atom is 0.437 e. The molecule has 1 aromatic heterocycles. The number of hydrogen-bond donors (Lipinski definition) is 1. The van der Waals surface area contributed by atoms with Crippen LogP contribution in [-0.4, -0.2) is 21.8 Å². The molecule has 0 radical (unpaired) electrons. The van der Waals surface area contributed by atoms with Crippen LogP contribution in [-0.2, 0) is 23.8 Å². The Balaban J connectivity index is 2.77. The largest absolute Gasteiger partial charge is 0.478 e. The highest BCUT2D eigenvalue weighted by Gasteiger charge is 2.40. The summed E-state index contributed by atoms with van der Waals surface area (Å²) in [6.45, 7) is 7.11. The summed E-state index contributed by atoms with van der Waals surface area (Å²) in [5, 5.41) is 12.8. The maximum atomic E-state index is 13.3. The Morgan fingerprint density at radius 1 is 1.18 bits per heavy atom. The van der Waals surface area contributed by atoms with Gasteiger partial charge in [-0.3, -0.25) is 0 Å². The number of benzene rings is 1. The molecule has 1 heterocycles. The summed E-state index contributed by atoms with van der Waals surface area (Å²) in [6.07, 6.45) is -1.67. The average Bonchev–Trinajstić information content (AvgIpc) is 3.02. The highest BCUT2D eigenvalue weighted by Crippen LogP contribution is 2.42. The van der Waals surface area contributed by atoms with Gasteiger partial charge in [0, 0.05) is 5.56 Å². The minimum atomic E-state index is -4.64. The number of carboxylic acids is 1. The lowest BCUT2D eigenvalue weighted by atomic mass is 9.95. The van der Waals surface area contributed by atoms with Crippen molar-refractivity contribution < 1.29 is 32.3 Å². The van der Waals surface area contributed by atoms with E-state index in [-0.39, 0.29) is 17.4 Å². The maximum absolute atomic E-state index is 13.3. The van der Waals surface area contributed by atoms with E-state index in [4.69, 9.17) is 9.26 Å². The van der Waals surface area contributed by atoms with Crippen molar-refractivity contribution >= 4 is 16.9 Å². The molecular weight excluding hydrogens is 375 g/mol. The molecule has 1 atom stereocenters. The number of hydrogen-bond acceptors (Lipinski definition) is 4.